The summed E-state index contributed by atoms with van der Waals surface area (Å²) in [5, 5.41) is 21.6. The minimum absolute atomic E-state index is 0.00387. The molecule has 26 heavy (non-hydrogen) atoms. The largest absolute Gasteiger partial charge is 0.550 e. The summed E-state index contributed by atoms with van der Waals surface area (Å²) in [7, 11) is 1.50. The number of carboxylic acid groups (broad SMARTS) is 1. The van der Waals surface area contributed by atoms with Gasteiger partial charge in [0.1, 0.15) is 5.01 Å². The summed E-state index contributed by atoms with van der Waals surface area (Å²) in [6.07, 6.45) is 2.94. The van der Waals surface area contributed by atoms with Crippen LogP contribution < -0.4 is 9.84 Å². The fourth-order valence-corrected chi connectivity index (χ4v) is 3.68. The molecule has 2 aromatic carbocycles. The molecule has 3 rings (SSSR count). The molecule has 0 aliphatic carbocycles. The van der Waals surface area contributed by atoms with E-state index in [9.17, 15) is 15.0 Å². The van der Waals surface area contributed by atoms with E-state index in [1.54, 1.807) is 23.5 Å². The Labute approximate surface area is 155 Å². The number of ether oxygens (including phenoxy) is 1. The number of aromatic nitrogens is 1. The molecule has 1 N–H and O–H groups in total. The smallest absolute Gasteiger partial charge is 0.160 e. The van der Waals surface area contributed by atoms with Crippen molar-refractivity contribution < 1.29 is 19.7 Å². The number of aromatic hydroxyl groups is 1. The van der Waals surface area contributed by atoms with Crippen molar-refractivity contribution in [3.05, 3.63) is 53.0 Å². The predicted molar refractivity (Wildman–Crippen MR) is 101 cm³/mol. The third-order valence-electron chi connectivity index (χ3n) is 3.94. The first kappa shape index (κ1) is 17.9. The monoisotopic (exact) mass is 368 g/mol. The van der Waals surface area contributed by atoms with Gasteiger partial charge in [0.2, 0.25) is 0 Å². The molecule has 0 unspecified atom stereocenters. The van der Waals surface area contributed by atoms with Crippen LogP contribution in [0.5, 0.6) is 11.5 Å². The number of carbonyl (C=O) groups excluding carboxylic acids is 1. The topological polar surface area (TPSA) is 82.5 Å². The zero-order chi connectivity index (χ0) is 18.5. The van der Waals surface area contributed by atoms with Crippen molar-refractivity contribution in [3.8, 4) is 11.5 Å². The highest BCUT2D eigenvalue weighted by atomic mass is 32.1. The summed E-state index contributed by atoms with van der Waals surface area (Å²) in [6, 6.07) is 13.0. The van der Waals surface area contributed by atoms with E-state index in [1.807, 2.05) is 36.4 Å². The Balaban J connectivity index is 1.96. The van der Waals surface area contributed by atoms with E-state index in [0.29, 0.717) is 18.6 Å². The molecular formula is C20H18NO4S-. The van der Waals surface area contributed by atoms with Crippen molar-refractivity contribution >= 4 is 39.2 Å². The molecule has 0 fully saturated rings. The first-order chi connectivity index (χ1) is 12.6. The number of phenolic OH excluding ortho intramolecular Hbond substituents is 1. The lowest BCUT2D eigenvalue weighted by Crippen LogP contribution is -2.21. The van der Waals surface area contributed by atoms with Crippen LogP contribution in [-0.4, -0.2) is 23.2 Å². The highest BCUT2D eigenvalue weighted by Gasteiger charge is 2.10. The van der Waals surface area contributed by atoms with Gasteiger partial charge in [-0.15, -0.1) is 11.3 Å². The Kier molecular flexibility index (Phi) is 5.53. The van der Waals surface area contributed by atoms with E-state index in [4.69, 9.17) is 4.74 Å². The Hall–Kier alpha value is -2.86. The van der Waals surface area contributed by atoms with Gasteiger partial charge in [0.25, 0.3) is 0 Å². The number of nitrogens with zero attached hydrogens (tertiary/aromatic N) is 1. The number of aliphatic carboxylic acids is 1. The summed E-state index contributed by atoms with van der Waals surface area (Å²) in [5.41, 5.74) is 2.64. The fraction of sp³-hybridized carbons (Fsp3) is 0.200. The summed E-state index contributed by atoms with van der Waals surface area (Å²) >= 11 is 1.57. The molecule has 0 amide bonds. The molecule has 0 spiro atoms. The molecule has 1 aromatic heterocycles. The summed E-state index contributed by atoms with van der Waals surface area (Å²) in [6.45, 7) is 0. The maximum atomic E-state index is 10.7. The third kappa shape index (κ3) is 4.21. The molecule has 3 aromatic rings. The van der Waals surface area contributed by atoms with Crippen molar-refractivity contribution in [1.82, 2.24) is 4.98 Å². The SMILES string of the molecule is COc1ccc(/C=C(\CCCC(=O)[O-])c2nc3ccccc3s2)cc1O. The lowest BCUT2D eigenvalue weighted by Gasteiger charge is -2.07. The minimum atomic E-state index is -1.06. The number of carboxylic acids is 1. The molecule has 0 radical (unpaired) electrons. The second-order valence-electron chi connectivity index (χ2n) is 5.81. The highest BCUT2D eigenvalue weighted by molar-refractivity contribution is 7.19. The third-order valence-corrected chi connectivity index (χ3v) is 5.05. The van der Waals surface area contributed by atoms with Gasteiger partial charge in [0, 0.05) is 5.97 Å². The van der Waals surface area contributed by atoms with Crippen LogP contribution in [0.25, 0.3) is 21.9 Å². The van der Waals surface area contributed by atoms with Crippen LogP contribution in [-0.2, 0) is 4.79 Å². The van der Waals surface area contributed by atoms with Crippen LogP contribution >= 0.6 is 11.3 Å². The summed E-state index contributed by atoms with van der Waals surface area (Å²) in [5.74, 6) is -0.601. The molecular weight excluding hydrogens is 350 g/mol. The minimum Gasteiger partial charge on any atom is -0.550 e. The van der Waals surface area contributed by atoms with E-state index in [2.05, 4.69) is 4.98 Å². The average Bonchev–Trinajstić information content (AvgIpc) is 3.05. The van der Waals surface area contributed by atoms with Crippen LogP contribution in [0.2, 0.25) is 0 Å². The standard InChI is InChI=1S/C20H19NO4S/c1-25-17-10-9-13(12-16(17)22)11-14(5-4-8-19(23)24)20-21-15-6-2-3-7-18(15)26-20/h2-3,6-7,9-12,22H,4-5,8H2,1H3,(H,23,24)/p-1/b14-11+. The van der Waals surface area contributed by atoms with E-state index in [-0.39, 0.29) is 12.2 Å². The van der Waals surface area contributed by atoms with E-state index in [0.717, 1.165) is 26.4 Å². The van der Waals surface area contributed by atoms with Gasteiger partial charge in [-0.25, -0.2) is 4.98 Å². The van der Waals surface area contributed by atoms with Crippen LogP contribution in [0, 0.1) is 0 Å². The number of para-hydroxylation sites is 1. The molecule has 0 atom stereocenters. The van der Waals surface area contributed by atoms with Gasteiger partial charge in [0.15, 0.2) is 11.5 Å². The summed E-state index contributed by atoms with van der Waals surface area (Å²) < 4.78 is 6.14. The number of phenols is 1. The highest BCUT2D eigenvalue weighted by Crippen LogP contribution is 2.33. The number of rotatable bonds is 7. The zero-order valence-corrected chi connectivity index (χ0v) is 15.1. The zero-order valence-electron chi connectivity index (χ0n) is 14.3. The van der Waals surface area contributed by atoms with Crippen molar-refractivity contribution in [2.75, 3.05) is 7.11 Å². The molecule has 0 aliphatic rings. The van der Waals surface area contributed by atoms with Gasteiger partial charge >= 0.3 is 0 Å². The number of hydrogen-bond donors (Lipinski definition) is 1. The van der Waals surface area contributed by atoms with Gasteiger partial charge in [-0.3, -0.25) is 0 Å². The number of methoxy groups -OCH3 is 1. The quantitative estimate of drug-likeness (QED) is 0.690. The lowest BCUT2D eigenvalue weighted by atomic mass is 10.0. The van der Waals surface area contributed by atoms with E-state index >= 15 is 0 Å². The lowest BCUT2D eigenvalue weighted by molar-refractivity contribution is -0.305. The molecule has 1 heterocycles. The number of fused-ring (bicyclic) bond motifs is 1. The van der Waals surface area contributed by atoms with Crippen molar-refractivity contribution in [2.24, 2.45) is 0 Å². The van der Waals surface area contributed by atoms with Crippen LogP contribution in [0.1, 0.15) is 29.8 Å². The van der Waals surface area contributed by atoms with Crippen LogP contribution in [0.3, 0.4) is 0 Å². The molecule has 134 valence electrons. The van der Waals surface area contributed by atoms with E-state index in [1.165, 1.54) is 7.11 Å². The Morgan fingerprint density at radius 2 is 2.08 bits per heavy atom. The van der Waals surface area contributed by atoms with Crippen LogP contribution in [0.4, 0.5) is 0 Å². The molecule has 0 saturated heterocycles. The number of hydrogen-bond acceptors (Lipinski definition) is 6. The Bertz CT molecular complexity index is 928. The van der Waals surface area contributed by atoms with Crippen molar-refractivity contribution in [3.63, 3.8) is 0 Å². The van der Waals surface area contributed by atoms with Gasteiger partial charge in [-0.1, -0.05) is 18.2 Å². The molecule has 0 saturated carbocycles. The second-order valence-corrected chi connectivity index (χ2v) is 6.84. The van der Waals surface area contributed by atoms with Crippen molar-refractivity contribution in [1.29, 1.82) is 0 Å². The first-order valence-corrected chi connectivity index (χ1v) is 9.02. The van der Waals surface area contributed by atoms with Gasteiger partial charge in [-0.05, 0) is 60.7 Å². The van der Waals surface area contributed by atoms with Gasteiger partial charge < -0.3 is 19.7 Å². The predicted octanol–water partition coefficient (Wildman–Crippen LogP) is 3.47. The van der Waals surface area contributed by atoms with Gasteiger partial charge in [-0.2, -0.15) is 0 Å². The van der Waals surface area contributed by atoms with Gasteiger partial charge in [0.05, 0.1) is 17.3 Å². The average molecular weight is 368 g/mol. The first-order valence-electron chi connectivity index (χ1n) is 8.20. The molecule has 0 aliphatic heterocycles. The number of allylic oxidation sites excluding steroid dienone is 1. The summed E-state index contributed by atoms with van der Waals surface area (Å²) in [4.78, 5) is 15.4. The normalized spacial score (nSPS) is 11.7. The molecule has 5 nitrogen and oxygen atoms in total. The maximum absolute atomic E-state index is 10.7. The van der Waals surface area contributed by atoms with E-state index < -0.39 is 5.97 Å². The fourth-order valence-electron chi connectivity index (χ4n) is 2.67. The maximum Gasteiger partial charge on any atom is 0.160 e. The number of benzene rings is 2. The molecule has 6 heteroatoms. The Morgan fingerprint density at radius 3 is 2.77 bits per heavy atom. The molecule has 0 bridgehead atoms. The Morgan fingerprint density at radius 1 is 1.27 bits per heavy atom. The van der Waals surface area contributed by atoms with Crippen LogP contribution in [0.15, 0.2) is 42.5 Å². The number of thiazole rings is 1. The number of carbonyl (C=O) groups is 1. The van der Waals surface area contributed by atoms with Crippen molar-refractivity contribution in [2.45, 2.75) is 19.3 Å². The second kappa shape index (κ2) is 8.01.